The van der Waals surface area contributed by atoms with Gasteiger partial charge in [0.1, 0.15) is 0 Å². The number of carbonyl (C=O) groups is 1. The largest absolute Gasteiger partial charge is 0.308 e. The number of amides is 1. The van der Waals surface area contributed by atoms with Gasteiger partial charge in [0.2, 0.25) is 5.91 Å². The zero-order valence-corrected chi connectivity index (χ0v) is 16.4. The topological polar surface area (TPSA) is 53.4 Å². The second-order valence-electron chi connectivity index (χ2n) is 8.05. The average Bonchev–Trinajstić information content (AvgIpc) is 3.14. The first-order valence-electron chi connectivity index (χ1n) is 9.79. The van der Waals surface area contributed by atoms with E-state index in [1.54, 1.807) is 4.68 Å². The van der Waals surface area contributed by atoms with Crippen LogP contribution in [0.25, 0.3) is 0 Å². The molecule has 27 heavy (non-hydrogen) atoms. The number of carbonyl (C=O) groups excluding carboxylic acids is 1. The molecule has 0 saturated carbocycles. The highest BCUT2D eigenvalue weighted by molar-refractivity contribution is 5.91. The molecule has 4 rings (SSSR count). The van der Waals surface area contributed by atoms with Crippen LogP contribution in [0, 0.1) is 12.8 Å². The molecule has 6 nitrogen and oxygen atoms in total. The van der Waals surface area contributed by atoms with Gasteiger partial charge in [0.05, 0.1) is 6.54 Å². The highest BCUT2D eigenvalue weighted by Gasteiger charge is 2.43. The summed E-state index contributed by atoms with van der Waals surface area (Å²) in [6.07, 6.45) is 1.13. The van der Waals surface area contributed by atoms with Gasteiger partial charge < -0.3 is 10.2 Å². The summed E-state index contributed by atoms with van der Waals surface area (Å²) in [7, 11) is 4.13. The van der Waals surface area contributed by atoms with Crippen molar-refractivity contribution in [1.82, 2.24) is 19.6 Å². The monoisotopic (exact) mass is 367 g/mol. The quantitative estimate of drug-likeness (QED) is 0.899. The molecule has 0 bridgehead atoms. The molecular weight excluding hydrogens is 338 g/mol. The fourth-order valence-electron chi connectivity index (χ4n) is 4.77. The second-order valence-corrected chi connectivity index (χ2v) is 8.05. The Kier molecular flexibility index (Phi) is 5.02. The molecule has 1 aromatic carbocycles. The molecule has 3 heterocycles. The number of fused-ring (bicyclic) bond motifs is 1. The molecule has 144 valence electrons. The van der Waals surface area contributed by atoms with Crippen LogP contribution < -0.4 is 5.32 Å². The smallest absolute Gasteiger partial charge is 0.239 e. The van der Waals surface area contributed by atoms with E-state index in [0.717, 1.165) is 31.7 Å². The number of nitrogens with one attached hydrogen (secondary N) is 1. The third-order valence-corrected chi connectivity index (χ3v) is 6.25. The minimum absolute atomic E-state index is 0.0224. The van der Waals surface area contributed by atoms with Crippen molar-refractivity contribution in [2.24, 2.45) is 13.0 Å². The number of nitrogens with zero attached hydrogens (tertiary/aromatic N) is 4. The van der Waals surface area contributed by atoms with Gasteiger partial charge in [-0.25, -0.2) is 0 Å². The maximum atomic E-state index is 12.5. The number of hydrogen-bond donors (Lipinski definition) is 1. The van der Waals surface area contributed by atoms with Crippen molar-refractivity contribution in [2.75, 3.05) is 38.5 Å². The van der Waals surface area contributed by atoms with Gasteiger partial charge in [-0.3, -0.25) is 14.4 Å². The maximum absolute atomic E-state index is 12.5. The van der Waals surface area contributed by atoms with E-state index in [0.29, 0.717) is 30.2 Å². The third-order valence-electron chi connectivity index (χ3n) is 6.25. The minimum Gasteiger partial charge on any atom is -0.308 e. The molecule has 2 saturated heterocycles. The van der Waals surface area contributed by atoms with Gasteiger partial charge in [-0.15, -0.1) is 0 Å². The number of benzene rings is 1. The van der Waals surface area contributed by atoms with Crippen LogP contribution in [0.4, 0.5) is 5.82 Å². The lowest BCUT2D eigenvalue weighted by Gasteiger charge is -2.38. The molecule has 6 heteroatoms. The van der Waals surface area contributed by atoms with E-state index in [-0.39, 0.29) is 5.91 Å². The van der Waals surface area contributed by atoms with Gasteiger partial charge in [0.15, 0.2) is 5.82 Å². The van der Waals surface area contributed by atoms with Gasteiger partial charge in [0.25, 0.3) is 0 Å². The van der Waals surface area contributed by atoms with Crippen LogP contribution in [-0.2, 0) is 11.8 Å². The fraction of sp³-hybridized carbons (Fsp3) is 0.524. The molecule has 1 amide bonds. The molecule has 2 aliphatic heterocycles. The van der Waals surface area contributed by atoms with Crippen molar-refractivity contribution in [3.63, 3.8) is 0 Å². The number of piperidine rings is 1. The first-order chi connectivity index (χ1) is 13.0. The van der Waals surface area contributed by atoms with E-state index < -0.39 is 0 Å². The number of aromatic nitrogens is 2. The summed E-state index contributed by atoms with van der Waals surface area (Å²) in [6.45, 7) is 5.47. The normalized spacial score (nSPS) is 26.1. The first-order valence-corrected chi connectivity index (χ1v) is 9.79. The summed E-state index contributed by atoms with van der Waals surface area (Å²) in [5.74, 6) is 1.79. The first kappa shape index (κ1) is 18.2. The number of rotatable bonds is 4. The van der Waals surface area contributed by atoms with Crippen LogP contribution >= 0.6 is 0 Å². The molecule has 0 radical (unpaired) electrons. The van der Waals surface area contributed by atoms with Gasteiger partial charge in [-0.1, -0.05) is 30.3 Å². The molecule has 0 unspecified atom stereocenters. The molecule has 2 aromatic rings. The minimum atomic E-state index is 0.0224. The predicted molar refractivity (Wildman–Crippen MR) is 107 cm³/mol. The lowest BCUT2D eigenvalue weighted by molar-refractivity contribution is -0.117. The van der Waals surface area contributed by atoms with E-state index in [1.165, 1.54) is 5.56 Å². The molecule has 0 spiro atoms. The van der Waals surface area contributed by atoms with Crippen LogP contribution in [0.2, 0.25) is 0 Å². The molecule has 2 aliphatic rings. The number of hydrogen-bond acceptors (Lipinski definition) is 4. The Morgan fingerprint density at radius 2 is 2.00 bits per heavy atom. The van der Waals surface area contributed by atoms with Gasteiger partial charge >= 0.3 is 0 Å². The summed E-state index contributed by atoms with van der Waals surface area (Å²) < 4.78 is 1.78. The van der Waals surface area contributed by atoms with Crippen LogP contribution in [0.5, 0.6) is 0 Å². The zero-order chi connectivity index (χ0) is 19.0. The maximum Gasteiger partial charge on any atom is 0.239 e. The summed E-state index contributed by atoms with van der Waals surface area (Å²) >= 11 is 0. The number of likely N-dealkylation sites (N-methyl/N-ethyl adjacent to an activating group) is 1. The average molecular weight is 367 g/mol. The number of likely N-dealkylation sites (tertiary alicyclic amines) is 2. The van der Waals surface area contributed by atoms with Crippen molar-refractivity contribution in [2.45, 2.75) is 25.3 Å². The predicted octanol–water partition coefficient (Wildman–Crippen LogP) is 2.09. The Bertz CT molecular complexity index is 783. The number of aryl methyl sites for hydroxylation is 2. The summed E-state index contributed by atoms with van der Waals surface area (Å²) in [5, 5.41) is 7.26. The standard InChI is InChI=1S/C21H29N5O/c1-15-11-20(23-25(15)3)22-21(27)14-26-10-9-19-18(13-26)17(12-24(19)2)16-7-5-4-6-8-16/h4-8,11,17-19H,9-10,12-14H2,1-3H3,(H,22,23,27)/t17-,18-,19-/m1/s1. The van der Waals surface area contributed by atoms with Gasteiger partial charge in [-0.05, 0) is 31.9 Å². The Morgan fingerprint density at radius 3 is 2.70 bits per heavy atom. The lowest BCUT2D eigenvalue weighted by atomic mass is 9.82. The zero-order valence-electron chi connectivity index (χ0n) is 16.4. The summed E-state index contributed by atoms with van der Waals surface area (Å²) in [4.78, 5) is 17.3. The SMILES string of the molecule is Cc1cc(NC(=O)CN2CC[C@@H]3[C@H](C2)[C@@H](c2ccccc2)CN3C)nn1C. The third kappa shape index (κ3) is 3.77. The Labute approximate surface area is 161 Å². The van der Waals surface area contributed by atoms with Gasteiger partial charge in [0, 0.05) is 50.4 Å². The van der Waals surface area contributed by atoms with Crippen molar-refractivity contribution in [3.8, 4) is 0 Å². The second kappa shape index (κ2) is 7.44. The van der Waals surface area contributed by atoms with Crippen molar-refractivity contribution >= 4 is 11.7 Å². The fourth-order valence-corrected chi connectivity index (χ4v) is 4.77. The number of anilines is 1. The Hall–Kier alpha value is -2.18. The highest BCUT2D eigenvalue weighted by Crippen LogP contribution is 2.40. The highest BCUT2D eigenvalue weighted by atomic mass is 16.2. The van der Waals surface area contributed by atoms with Crippen molar-refractivity contribution in [1.29, 1.82) is 0 Å². The molecular formula is C21H29N5O. The molecule has 0 aliphatic carbocycles. The molecule has 1 N–H and O–H groups in total. The van der Waals surface area contributed by atoms with Crippen LogP contribution in [0.15, 0.2) is 36.4 Å². The van der Waals surface area contributed by atoms with Crippen LogP contribution in [-0.4, -0.2) is 64.8 Å². The molecule has 3 atom stereocenters. The van der Waals surface area contributed by atoms with Crippen molar-refractivity contribution in [3.05, 3.63) is 47.7 Å². The summed E-state index contributed by atoms with van der Waals surface area (Å²) in [5.41, 5.74) is 2.46. The van der Waals surface area contributed by atoms with E-state index in [1.807, 2.05) is 20.0 Å². The Morgan fingerprint density at radius 1 is 1.22 bits per heavy atom. The van der Waals surface area contributed by atoms with E-state index in [9.17, 15) is 4.79 Å². The van der Waals surface area contributed by atoms with Crippen molar-refractivity contribution < 1.29 is 4.79 Å². The van der Waals surface area contributed by atoms with E-state index in [2.05, 4.69) is 57.6 Å². The van der Waals surface area contributed by atoms with E-state index >= 15 is 0 Å². The van der Waals surface area contributed by atoms with Gasteiger partial charge in [-0.2, -0.15) is 5.10 Å². The van der Waals surface area contributed by atoms with Crippen LogP contribution in [0.3, 0.4) is 0 Å². The van der Waals surface area contributed by atoms with E-state index in [4.69, 9.17) is 0 Å². The molecule has 1 aromatic heterocycles. The summed E-state index contributed by atoms with van der Waals surface area (Å²) in [6, 6.07) is 13.4. The molecule has 2 fully saturated rings. The lowest BCUT2D eigenvalue weighted by Crippen LogP contribution is -2.47. The van der Waals surface area contributed by atoms with Crippen LogP contribution in [0.1, 0.15) is 23.6 Å². The Balaban J connectivity index is 1.40.